The van der Waals surface area contributed by atoms with Crippen LogP contribution >= 0.6 is 0 Å². The van der Waals surface area contributed by atoms with Crippen LogP contribution in [0, 0.1) is 0 Å². The molecule has 1 unspecified atom stereocenters. The van der Waals surface area contributed by atoms with E-state index in [4.69, 9.17) is 0 Å². The average molecular weight is 276 g/mol. The summed E-state index contributed by atoms with van der Waals surface area (Å²) < 4.78 is 23.2. The molecule has 1 heterocycles. The van der Waals surface area contributed by atoms with Crippen molar-refractivity contribution in [3.8, 4) is 0 Å². The molecule has 0 aromatic carbocycles. The van der Waals surface area contributed by atoms with Crippen molar-refractivity contribution in [2.45, 2.75) is 51.3 Å². The first-order chi connectivity index (χ1) is 8.24. The average Bonchev–Trinajstić information content (AvgIpc) is 2.75. The second kappa shape index (κ2) is 6.35. The van der Waals surface area contributed by atoms with Crippen LogP contribution in [0.2, 0.25) is 0 Å². The molecule has 1 atom stereocenters. The Hall–Kier alpha value is -0.130. The smallest absolute Gasteiger partial charge is 0.156 e. The maximum absolute atomic E-state index is 11.9. The van der Waals surface area contributed by atoms with Crippen molar-refractivity contribution < 1.29 is 8.42 Å². The summed E-state index contributed by atoms with van der Waals surface area (Å²) in [7, 11) is -2.99. The van der Waals surface area contributed by atoms with Gasteiger partial charge in [-0.05, 0) is 53.6 Å². The van der Waals surface area contributed by atoms with Crippen LogP contribution < -0.4 is 5.32 Å². The Balaban J connectivity index is 2.22. The Morgan fingerprint density at radius 3 is 2.28 bits per heavy atom. The molecule has 0 aromatic rings. The molecule has 5 heteroatoms. The Morgan fingerprint density at radius 1 is 1.22 bits per heavy atom. The summed E-state index contributed by atoms with van der Waals surface area (Å²) in [5.41, 5.74) is 0. The minimum atomic E-state index is -2.99. The molecule has 1 saturated heterocycles. The maximum atomic E-state index is 11.9. The predicted octanol–water partition coefficient (Wildman–Crippen LogP) is 1.27. The van der Waals surface area contributed by atoms with Gasteiger partial charge in [0.25, 0.3) is 0 Å². The van der Waals surface area contributed by atoms with E-state index in [-0.39, 0.29) is 5.75 Å². The quantitative estimate of drug-likeness (QED) is 0.742. The van der Waals surface area contributed by atoms with Gasteiger partial charge in [0, 0.05) is 19.1 Å². The van der Waals surface area contributed by atoms with Crippen LogP contribution in [-0.4, -0.2) is 56.0 Å². The van der Waals surface area contributed by atoms with Crippen LogP contribution in [0.4, 0.5) is 0 Å². The lowest BCUT2D eigenvalue weighted by Crippen LogP contribution is -2.41. The fourth-order valence-corrected chi connectivity index (χ4v) is 3.16. The van der Waals surface area contributed by atoms with Crippen LogP contribution in [0.1, 0.15) is 40.5 Å². The number of rotatable bonds is 6. The summed E-state index contributed by atoms with van der Waals surface area (Å²) in [6.45, 7) is 11.3. The minimum Gasteiger partial charge on any atom is -0.314 e. The molecule has 1 aliphatic rings. The van der Waals surface area contributed by atoms with Gasteiger partial charge < -0.3 is 5.32 Å². The van der Waals surface area contributed by atoms with E-state index in [2.05, 4.69) is 17.1 Å². The lowest BCUT2D eigenvalue weighted by molar-refractivity contribution is 0.253. The van der Waals surface area contributed by atoms with E-state index >= 15 is 0 Å². The second-order valence-electron chi connectivity index (χ2n) is 6.23. The Kier molecular flexibility index (Phi) is 5.62. The molecule has 0 aromatic heterocycles. The van der Waals surface area contributed by atoms with E-state index in [9.17, 15) is 8.42 Å². The minimum absolute atomic E-state index is 0.225. The summed E-state index contributed by atoms with van der Waals surface area (Å²) in [6.07, 6.45) is 2.59. The molecule has 1 rings (SSSR count). The summed E-state index contributed by atoms with van der Waals surface area (Å²) in [6, 6.07) is 0.504. The number of nitrogens with zero attached hydrogens (tertiary/aromatic N) is 1. The lowest BCUT2D eigenvalue weighted by Gasteiger charge is -2.24. The van der Waals surface area contributed by atoms with Gasteiger partial charge in [-0.2, -0.15) is 0 Å². The van der Waals surface area contributed by atoms with E-state index in [0.717, 1.165) is 6.54 Å². The fourth-order valence-electron chi connectivity index (χ4n) is 2.14. The van der Waals surface area contributed by atoms with Gasteiger partial charge in [0.15, 0.2) is 9.84 Å². The summed E-state index contributed by atoms with van der Waals surface area (Å²) >= 11 is 0. The topological polar surface area (TPSA) is 49.4 Å². The monoisotopic (exact) mass is 276 g/mol. The van der Waals surface area contributed by atoms with E-state index < -0.39 is 14.6 Å². The van der Waals surface area contributed by atoms with Crippen molar-refractivity contribution in [1.29, 1.82) is 0 Å². The molecule has 1 fully saturated rings. The van der Waals surface area contributed by atoms with Crippen molar-refractivity contribution in [3.63, 3.8) is 0 Å². The first-order valence-corrected chi connectivity index (χ1v) is 8.56. The number of hydrogen-bond donors (Lipinski definition) is 1. The van der Waals surface area contributed by atoms with Gasteiger partial charge in [-0.25, -0.2) is 8.42 Å². The van der Waals surface area contributed by atoms with Crippen LogP contribution in [0.5, 0.6) is 0 Å². The van der Waals surface area contributed by atoms with E-state index in [0.29, 0.717) is 12.6 Å². The van der Waals surface area contributed by atoms with Gasteiger partial charge in [-0.1, -0.05) is 0 Å². The van der Waals surface area contributed by atoms with Crippen LogP contribution in [0.3, 0.4) is 0 Å². The second-order valence-corrected chi connectivity index (χ2v) is 9.09. The molecule has 4 nitrogen and oxygen atoms in total. The van der Waals surface area contributed by atoms with Gasteiger partial charge in [0.2, 0.25) is 0 Å². The van der Waals surface area contributed by atoms with Crippen molar-refractivity contribution >= 4 is 9.84 Å². The first-order valence-electron chi connectivity index (χ1n) is 6.91. The standard InChI is InChI=1S/C13H28N2O2S/c1-12(15-8-5-6-9-15)11-14-7-10-18(16,17)13(2,3)4/h12,14H,5-11H2,1-4H3. The van der Waals surface area contributed by atoms with Gasteiger partial charge >= 0.3 is 0 Å². The Bertz CT molecular complexity index is 340. The third-order valence-corrected chi connectivity index (χ3v) is 6.29. The molecular formula is C13H28N2O2S. The summed E-state index contributed by atoms with van der Waals surface area (Å²) in [5.74, 6) is 0.225. The van der Waals surface area contributed by atoms with Crippen molar-refractivity contribution in [2.75, 3.05) is 31.9 Å². The van der Waals surface area contributed by atoms with Crippen molar-refractivity contribution in [1.82, 2.24) is 10.2 Å². The predicted molar refractivity (Wildman–Crippen MR) is 76.7 cm³/mol. The molecule has 108 valence electrons. The zero-order valence-electron chi connectivity index (χ0n) is 12.2. The Morgan fingerprint density at radius 2 is 1.78 bits per heavy atom. The third-order valence-electron chi connectivity index (χ3n) is 3.68. The normalized spacial score (nSPS) is 20.2. The molecule has 0 aliphatic carbocycles. The third kappa shape index (κ3) is 4.52. The molecule has 0 radical (unpaired) electrons. The molecular weight excluding hydrogens is 248 g/mol. The number of sulfone groups is 1. The highest BCUT2D eigenvalue weighted by Crippen LogP contribution is 2.15. The van der Waals surface area contributed by atoms with E-state index in [1.807, 2.05) is 0 Å². The van der Waals surface area contributed by atoms with Crippen LogP contribution in [0.15, 0.2) is 0 Å². The first kappa shape index (κ1) is 15.9. The highest BCUT2D eigenvalue weighted by molar-refractivity contribution is 7.92. The fraction of sp³-hybridized carbons (Fsp3) is 1.00. The van der Waals surface area contributed by atoms with Gasteiger partial charge in [0.05, 0.1) is 10.5 Å². The zero-order valence-corrected chi connectivity index (χ0v) is 13.0. The zero-order chi connectivity index (χ0) is 13.8. The van der Waals surface area contributed by atoms with E-state index in [1.54, 1.807) is 20.8 Å². The molecule has 18 heavy (non-hydrogen) atoms. The summed E-state index contributed by atoms with van der Waals surface area (Å²) in [5, 5.41) is 3.27. The highest BCUT2D eigenvalue weighted by atomic mass is 32.2. The molecule has 0 spiro atoms. The van der Waals surface area contributed by atoms with Gasteiger partial charge in [-0.3, -0.25) is 4.90 Å². The van der Waals surface area contributed by atoms with Gasteiger partial charge in [-0.15, -0.1) is 0 Å². The largest absolute Gasteiger partial charge is 0.314 e. The molecule has 0 saturated carbocycles. The maximum Gasteiger partial charge on any atom is 0.156 e. The number of likely N-dealkylation sites (tertiary alicyclic amines) is 1. The van der Waals surface area contributed by atoms with Crippen molar-refractivity contribution in [2.24, 2.45) is 0 Å². The van der Waals surface area contributed by atoms with Crippen LogP contribution in [0.25, 0.3) is 0 Å². The number of hydrogen-bond acceptors (Lipinski definition) is 4. The van der Waals surface area contributed by atoms with Crippen molar-refractivity contribution in [3.05, 3.63) is 0 Å². The van der Waals surface area contributed by atoms with Crippen LogP contribution in [-0.2, 0) is 9.84 Å². The SMILES string of the molecule is CC(CNCCS(=O)(=O)C(C)(C)C)N1CCCC1. The lowest BCUT2D eigenvalue weighted by atomic mass is 10.3. The highest BCUT2D eigenvalue weighted by Gasteiger charge is 2.28. The molecule has 1 aliphatic heterocycles. The molecule has 1 N–H and O–H groups in total. The molecule has 0 bridgehead atoms. The summed E-state index contributed by atoms with van der Waals surface area (Å²) in [4.78, 5) is 2.46. The number of nitrogens with one attached hydrogen (secondary N) is 1. The van der Waals surface area contributed by atoms with Gasteiger partial charge in [0.1, 0.15) is 0 Å². The molecule has 0 amide bonds. The van der Waals surface area contributed by atoms with E-state index in [1.165, 1.54) is 25.9 Å². The Labute approximate surface area is 112 Å².